The summed E-state index contributed by atoms with van der Waals surface area (Å²) in [5, 5.41) is 14.0. The van der Waals surface area contributed by atoms with Crippen LogP contribution in [0.25, 0.3) is 0 Å². The average molecular weight is 686 g/mol. The quantitative estimate of drug-likeness (QED) is 0.163. The van der Waals surface area contributed by atoms with Gasteiger partial charge in [-0.2, -0.15) is 0 Å². The van der Waals surface area contributed by atoms with E-state index >= 15 is 4.79 Å². The first-order valence-corrected chi connectivity index (χ1v) is 20.2. The molecule has 0 unspecified atom stereocenters. The van der Waals surface area contributed by atoms with Gasteiger partial charge in [0.2, 0.25) is 0 Å². The van der Waals surface area contributed by atoms with Crippen molar-refractivity contribution in [3.8, 4) is 0 Å². The Morgan fingerprint density at radius 3 is 0.652 bits per heavy atom. The Morgan fingerprint density at radius 1 is 0.348 bits per heavy atom. The number of rotatable bonds is 8. The van der Waals surface area contributed by atoms with Crippen LogP contribution in [0.15, 0.2) is 182 Å². The molecule has 236 valence electrons. The minimum absolute atomic E-state index is 0. The number of halogens is 2. The second kappa shape index (κ2) is 13.8. The van der Waals surface area contributed by atoms with Crippen molar-refractivity contribution in [2.75, 3.05) is 13.3 Å². The second-order valence-corrected chi connectivity index (χ2v) is 21.5. The molecule has 0 aliphatic heterocycles. The maximum absolute atomic E-state index is 15.2. The molecule has 2 N–H and O–H groups in total. The molecule has 6 aromatic rings. The van der Waals surface area contributed by atoms with Crippen molar-refractivity contribution >= 4 is 76.2 Å². The molecular formula is C39H40Cl2N2OP2. The fraction of sp³-hybridized carbons (Fsp3) is 0.0513. The van der Waals surface area contributed by atoms with Gasteiger partial charge in [-0.05, 0) is 0 Å². The molecule has 0 saturated carbocycles. The van der Waals surface area contributed by atoms with Crippen LogP contribution in [0.2, 0.25) is 0 Å². The topological polar surface area (TPSA) is 41.1 Å². The van der Waals surface area contributed by atoms with Crippen molar-refractivity contribution < 1.29 is 4.79 Å². The van der Waals surface area contributed by atoms with Gasteiger partial charge in [-0.25, -0.2) is 0 Å². The van der Waals surface area contributed by atoms with Gasteiger partial charge in [0.15, 0.2) is 0 Å². The molecule has 3 nitrogen and oxygen atoms in total. The van der Waals surface area contributed by atoms with Crippen LogP contribution in [0.3, 0.4) is 0 Å². The van der Waals surface area contributed by atoms with E-state index in [2.05, 4.69) is 169 Å². The predicted octanol–water partition coefficient (Wildman–Crippen LogP) is 7.28. The molecule has 46 heavy (non-hydrogen) atoms. The third-order valence-corrected chi connectivity index (χ3v) is 20.2. The smallest absolute Gasteiger partial charge is 0.147 e. The monoisotopic (exact) mass is 684 g/mol. The summed E-state index contributed by atoms with van der Waals surface area (Å²) < 4.78 is 0. The molecule has 0 aliphatic rings. The van der Waals surface area contributed by atoms with Crippen molar-refractivity contribution in [3.05, 3.63) is 182 Å². The molecule has 6 rings (SSSR count). The van der Waals surface area contributed by atoms with Gasteiger partial charge in [-0.1, -0.05) is 0 Å². The Balaban J connectivity index is 0.00000240. The summed E-state index contributed by atoms with van der Waals surface area (Å²) in [7, 11) is 0. The largest absolute Gasteiger partial charge is 0.147 e. The summed E-state index contributed by atoms with van der Waals surface area (Å²) in [6.45, 7) is -2.68. The van der Waals surface area contributed by atoms with Gasteiger partial charge < -0.3 is 0 Å². The van der Waals surface area contributed by atoms with E-state index < -0.39 is 13.5 Å². The fourth-order valence-corrected chi connectivity index (χ4v) is 15.9. The molecule has 0 radical (unpaired) electrons. The summed E-state index contributed by atoms with van der Waals surface area (Å²) in [6, 6.07) is 62.4. The zero-order valence-corrected chi connectivity index (χ0v) is 29.4. The second-order valence-electron chi connectivity index (χ2n) is 11.7. The predicted molar refractivity (Wildman–Crippen MR) is 208 cm³/mol. The zero-order chi connectivity index (χ0) is 30.6. The fourth-order valence-electron chi connectivity index (χ4n) is 6.62. The van der Waals surface area contributed by atoms with Crippen molar-refractivity contribution in [1.82, 2.24) is 10.2 Å². The molecule has 0 bridgehead atoms. The molecule has 0 fully saturated rings. The van der Waals surface area contributed by atoms with E-state index in [-0.39, 0.29) is 30.8 Å². The molecular weight excluding hydrogens is 645 g/mol. The third kappa shape index (κ3) is 5.63. The number of carbonyl (C=O) groups is 1. The van der Waals surface area contributed by atoms with Crippen molar-refractivity contribution in [1.29, 1.82) is 0 Å². The number of benzene rings is 6. The Morgan fingerprint density at radius 2 is 0.500 bits per heavy atom. The van der Waals surface area contributed by atoms with Crippen molar-refractivity contribution in [3.63, 3.8) is 0 Å². The van der Waals surface area contributed by atoms with Crippen LogP contribution in [0.4, 0.5) is 4.79 Å². The van der Waals surface area contributed by atoms with Crippen LogP contribution in [0.5, 0.6) is 0 Å². The van der Waals surface area contributed by atoms with Crippen LogP contribution in [0.1, 0.15) is 0 Å². The molecule has 2 amide bonds. The van der Waals surface area contributed by atoms with E-state index in [1.807, 2.05) is 36.4 Å². The van der Waals surface area contributed by atoms with Crippen molar-refractivity contribution in [2.45, 2.75) is 0 Å². The summed E-state index contributed by atoms with van der Waals surface area (Å²) in [4.78, 5) is 15.2. The first kappa shape index (κ1) is 34.9. The number of hydrogen-bond donors (Lipinski definition) is 2. The Hall–Kier alpha value is -3.97. The first-order valence-electron chi connectivity index (χ1n) is 14.9. The van der Waals surface area contributed by atoms with E-state index in [0.29, 0.717) is 0 Å². The Labute approximate surface area is 285 Å². The summed E-state index contributed by atoms with van der Waals surface area (Å²) >= 11 is 0. The van der Waals surface area contributed by atoms with Gasteiger partial charge in [-0.15, -0.1) is 24.8 Å². The van der Waals surface area contributed by atoms with Crippen molar-refractivity contribution in [2.24, 2.45) is 0 Å². The molecule has 0 aliphatic carbocycles. The molecule has 0 spiro atoms. The van der Waals surface area contributed by atoms with Gasteiger partial charge in [0.05, 0.1) is 0 Å². The van der Waals surface area contributed by atoms with E-state index in [0.717, 1.165) is 31.8 Å². The normalized spacial score (nSPS) is 12.8. The number of hydrogen-bond acceptors (Lipinski definition) is 1. The summed E-state index contributed by atoms with van der Waals surface area (Å²) in [5.41, 5.74) is 0. The molecule has 6 aromatic carbocycles. The van der Waals surface area contributed by atoms with Crippen LogP contribution < -0.4 is 42.0 Å². The summed E-state index contributed by atoms with van der Waals surface area (Å²) in [5.74, 6) is 0. The molecule has 0 atom stereocenters. The number of amides is 2. The number of carbonyl (C=O) groups excluding carboxylic acids is 1. The van der Waals surface area contributed by atoms with E-state index in [1.54, 1.807) is 0 Å². The Bertz CT molecular complexity index is 1530. The number of urea groups is 1. The van der Waals surface area contributed by atoms with Crippen LogP contribution in [-0.2, 0) is 0 Å². The average Bonchev–Trinajstić information content (AvgIpc) is 3.10. The standard InChI is InChI=1S/C39H38N2OP2.2ClH/c1-43(33-21-9-3-10-22-33,34-23-11-4-12-24-34,35-25-13-5-14-26-35)40-39(42)41-44(2,36-27-15-6-16-28-36,37-29-17-7-18-30-37)38-31-19-8-20-32-38;;/h3-32H,1-2H3,(H2,40,41,42);2*1H. The van der Waals surface area contributed by atoms with Gasteiger partial charge in [0.1, 0.15) is 0 Å². The zero-order valence-electron chi connectivity index (χ0n) is 25.9. The SMILES string of the molecule is CP(NC(=O)NP(C)(c1ccccc1)(c1ccccc1)c1ccccc1)(c1ccccc1)(c1ccccc1)c1ccccc1.Cl.Cl. The Kier molecular flexibility index (Phi) is 10.5. The van der Waals surface area contributed by atoms with Gasteiger partial charge in [0.25, 0.3) is 0 Å². The maximum atomic E-state index is 15.2. The minimum Gasteiger partial charge on any atom is -0.147 e. The van der Waals surface area contributed by atoms with Gasteiger partial charge in [-0.3, -0.25) is 0 Å². The molecule has 0 saturated heterocycles. The van der Waals surface area contributed by atoms with E-state index in [4.69, 9.17) is 0 Å². The molecule has 0 aromatic heterocycles. The van der Waals surface area contributed by atoms with Crippen LogP contribution in [0, 0.1) is 0 Å². The van der Waals surface area contributed by atoms with E-state index in [9.17, 15) is 0 Å². The minimum atomic E-state index is -3.59. The third-order valence-electron chi connectivity index (χ3n) is 9.17. The molecule has 7 heteroatoms. The van der Waals surface area contributed by atoms with Crippen LogP contribution in [-0.4, -0.2) is 19.4 Å². The van der Waals surface area contributed by atoms with Gasteiger partial charge in [0, 0.05) is 0 Å². The van der Waals surface area contributed by atoms with E-state index in [1.165, 1.54) is 0 Å². The summed E-state index contributed by atoms with van der Waals surface area (Å²) in [6.07, 6.45) is 0. The van der Waals surface area contributed by atoms with Gasteiger partial charge >= 0.3 is 262 Å². The van der Waals surface area contributed by atoms with Crippen LogP contribution >= 0.6 is 38.3 Å². The first-order chi connectivity index (χ1) is 21.4. The maximum Gasteiger partial charge on any atom is -0.147 e. The molecule has 0 heterocycles. The number of nitrogens with one attached hydrogen (secondary N) is 2.